The van der Waals surface area contributed by atoms with Gasteiger partial charge in [-0.2, -0.15) is 0 Å². The van der Waals surface area contributed by atoms with Gasteiger partial charge in [0.1, 0.15) is 12.5 Å². The maximum absolute atomic E-state index is 12.3. The second-order valence-electron chi connectivity index (χ2n) is 8.67. The predicted octanol–water partition coefficient (Wildman–Crippen LogP) is 2.77. The van der Waals surface area contributed by atoms with Gasteiger partial charge in [-0.25, -0.2) is 4.79 Å². The van der Waals surface area contributed by atoms with Gasteiger partial charge in [-0.1, -0.05) is 55.5 Å². The van der Waals surface area contributed by atoms with Crippen molar-refractivity contribution in [2.45, 2.75) is 25.3 Å². The maximum atomic E-state index is 12.3. The lowest BCUT2D eigenvalue weighted by atomic mass is 9.98. The number of carbonyl (C=O) groups is 3. The first-order chi connectivity index (χ1) is 15.9. The Morgan fingerprint density at radius 1 is 1.06 bits per heavy atom. The average molecular weight is 453 g/mol. The number of carboxylic acid groups (broad SMARTS) is 1. The smallest absolute Gasteiger partial charge is 0.407 e. The average Bonchev–Trinajstić information content (AvgIpc) is 3.39. The molecular weight excluding hydrogens is 424 g/mol. The van der Waals surface area contributed by atoms with Gasteiger partial charge in [-0.3, -0.25) is 9.59 Å². The Labute approximate surface area is 192 Å². The van der Waals surface area contributed by atoms with Gasteiger partial charge in [0.05, 0.1) is 19.3 Å². The summed E-state index contributed by atoms with van der Waals surface area (Å²) < 4.78 is 10.7. The van der Waals surface area contributed by atoms with Crippen LogP contribution in [0.1, 0.15) is 30.4 Å². The summed E-state index contributed by atoms with van der Waals surface area (Å²) in [6.45, 7) is 2.62. The highest BCUT2D eigenvalue weighted by Crippen LogP contribution is 2.44. The fourth-order valence-electron chi connectivity index (χ4n) is 4.50. The molecule has 2 aliphatic rings. The molecule has 33 heavy (non-hydrogen) atoms. The van der Waals surface area contributed by atoms with E-state index in [9.17, 15) is 14.4 Å². The van der Waals surface area contributed by atoms with Gasteiger partial charge in [-0.15, -0.1) is 0 Å². The lowest BCUT2D eigenvalue weighted by Crippen LogP contribution is -2.43. The number of hydrogen-bond acceptors (Lipinski definition) is 5. The van der Waals surface area contributed by atoms with E-state index < -0.39 is 24.0 Å². The molecule has 0 bridgehead atoms. The Kier molecular flexibility index (Phi) is 6.93. The van der Waals surface area contributed by atoms with Gasteiger partial charge < -0.3 is 25.2 Å². The topological polar surface area (TPSA) is 114 Å². The highest BCUT2D eigenvalue weighted by Gasteiger charge is 2.35. The van der Waals surface area contributed by atoms with Crippen LogP contribution in [0.25, 0.3) is 11.1 Å². The molecule has 0 radical (unpaired) electrons. The van der Waals surface area contributed by atoms with E-state index in [2.05, 4.69) is 34.9 Å². The first-order valence-electron chi connectivity index (χ1n) is 11.1. The van der Waals surface area contributed by atoms with Crippen molar-refractivity contribution >= 4 is 18.0 Å². The molecule has 3 N–H and O–H groups in total. The zero-order valence-corrected chi connectivity index (χ0v) is 18.5. The Morgan fingerprint density at radius 3 is 2.33 bits per heavy atom. The molecule has 174 valence electrons. The Morgan fingerprint density at radius 2 is 1.70 bits per heavy atom. The summed E-state index contributed by atoms with van der Waals surface area (Å²) in [4.78, 5) is 35.7. The molecule has 1 saturated heterocycles. The standard InChI is InChI=1S/C25H28N2O6/c1-15(10-23(28)27-22-14-32-12-21(22)24(29)30)11-26-25(31)33-13-20-18-8-4-2-6-16(18)17-7-3-5-9-19(17)20/h2-9,15,20-22H,10-14H2,1H3,(H,26,31)(H,27,28)(H,29,30). The van der Waals surface area contributed by atoms with Crippen molar-refractivity contribution in [2.75, 3.05) is 26.4 Å². The number of benzene rings is 2. The number of hydrogen-bond donors (Lipinski definition) is 3. The van der Waals surface area contributed by atoms with Crippen molar-refractivity contribution in [3.05, 3.63) is 59.7 Å². The van der Waals surface area contributed by atoms with Gasteiger partial charge in [0.15, 0.2) is 0 Å². The Balaban J connectivity index is 1.23. The number of aliphatic carboxylic acids is 1. The maximum Gasteiger partial charge on any atom is 0.407 e. The van der Waals surface area contributed by atoms with Gasteiger partial charge in [0.2, 0.25) is 5.91 Å². The number of nitrogens with one attached hydrogen (secondary N) is 2. The summed E-state index contributed by atoms with van der Waals surface area (Å²) in [7, 11) is 0. The number of carboxylic acids is 1. The molecule has 4 rings (SSSR count). The first kappa shape index (κ1) is 22.8. The van der Waals surface area contributed by atoms with E-state index in [1.54, 1.807) is 0 Å². The number of rotatable bonds is 8. The van der Waals surface area contributed by atoms with Crippen molar-refractivity contribution in [2.24, 2.45) is 11.8 Å². The van der Waals surface area contributed by atoms with Crippen LogP contribution in [-0.4, -0.2) is 55.5 Å². The van der Waals surface area contributed by atoms with E-state index in [0.29, 0.717) is 0 Å². The summed E-state index contributed by atoms with van der Waals surface area (Å²) in [5, 5.41) is 14.6. The van der Waals surface area contributed by atoms with Crippen molar-refractivity contribution in [1.82, 2.24) is 10.6 Å². The number of amides is 2. The zero-order chi connectivity index (χ0) is 23.4. The van der Waals surface area contributed by atoms with Crippen molar-refractivity contribution in [3.8, 4) is 11.1 Å². The third kappa shape index (κ3) is 5.17. The van der Waals surface area contributed by atoms with E-state index in [-0.39, 0.29) is 50.5 Å². The number of fused-ring (bicyclic) bond motifs is 3. The number of alkyl carbamates (subject to hydrolysis) is 1. The van der Waals surface area contributed by atoms with Crippen LogP contribution in [0, 0.1) is 11.8 Å². The van der Waals surface area contributed by atoms with E-state index in [1.165, 1.54) is 11.1 Å². The number of carbonyl (C=O) groups excluding carboxylic acids is 2. The minimum absolute atomic E-state index is 0.0119. The summed E-state index contributed by atoms with van der Waals surface area (Å²) in [6, 6.07) is 15.7. The summed E-state index contributed by atoms with van der Waals surface area (Å²) in [6.07, 6.45) is -0.369. The highest BCUT2D eigenvalue weighted by atomic mass is 16.5. The Hall–Kier alpha value is -3.39. The monoisotopic (exact) mass is 452 g/mol. The summed E-state index contributed by atoms with van der Waals surface area (Å²) in [5.41, 5.74) is 4.62. The fraction of sp³-hybridized carbons (Fsp3) is 0.400. The highest BCUT2D eigenvalue weighted by molar-refractivity contribution is 5.80. The number of ether oxygens (including phenoxy) is 2. The van der Waals surface area contributed by atoms with Crippen LogP contribution >= 0.6 is 0 Å². The van der Waals surface area contributed by atoms with E-state index >= 15 is 0 Å². The van der Waals surface area contributed by atoms with Gasteiger partial charge in [0.25, 0.3) is 0 Å². The lowest BCUT2D eigenvalue weighted by Gasteiger charge is -2.18. The molecule has 2 amide bonds. The molecule has 8 heteroatoms. The second kappa shape index (κ2) is 10.0. The fourth-order valence-corrected chi connectivity index (χ4v) is 4.50. The molecule has 2 aromatic carbocycles. The minimum atomic E-state index is -0.984. The van der Waals surface area contributed by atoms with Crippen LogP contribution in [0.2, 0.25) is 0 Å². The first-order valence-corrected chi connectivity index (χ1v) is 11.1. The predicted molar refractivity (Wildman–Crippen MR) is 121 cm³/mol. The SMILES string of the molecule is CC(CNC(=O)OCC1c2ccccc2-c2ccccc21)CC(=O)NC1COCC1C(=O)O. The van der Waals surface area contributed by atoms with Gasteiger partial charge in [0, 0.05) is 18.9 Å². The van der Waals surface area contributed by atoms with Crippen LogP contribution in [0.15, 0.2) is 48.5 Å². The molecule has 3 unspecified atom stereocenters. The molecule has 1 heterocycles. The van der Waals surface area contributed by atoms with Crippen molar-refractivity contribution in [1.29, 1.82) is 0 Å². The largest absolute Gasteiger partial charge is 0.481 e. The van der Waals surface area contributed by atoms with E-state index in [1.807, 2.05) is 31.2 Å². The molecular formula is C25H28N2O6. The third-order valence-electron chi connectivity index (χ3n) is 6.22. The van der Waals surface area contributed by atoms with Gasteiger partial charge >= 0.3 is 12.1 Å². The Bertz CT molecular complexity index is 994. The molecule has 1 aliphatic heterocycles. The quantitative estimate of drug-likeness (QED) is 0.568. The molecule has 2 aromatic rings. The van der Waals surface area contributed by atoms with Gasteiger partial charge in [-0.05, 0) is 28.2 Å². The molecule has 1 fully saturated rings. The molecule has 0 saturated carbocycles. The summed E-state index contributed by atoms with van der Waals surface area (Å²) in [5.74, 6) is -2.14. The van der Waals surface area contributed by atoms with Crippen LogP contribution < -0.4 is 10.6 Å². The molecule has 1 aliphatic carbocycles. The van der Waals surface area contributed by atoms with Crippen molar-refractivity contribution < 1.29 is 29.0 Å². The zero-order valence-electron chi connectivity index (χ0n) is 18.5. The molecule has 8 nitrogen and oxygen atoms in total. The van der Waals surface area contributed by atoms with E-state index in [0.717, 1.165) is 11.1 Å². The van der Waals surface area contributed by atoms with Crippen LogP contribution in [-0.2, 0) is 19.1 Å². The summed E-state index contributed by atoms with van der Waals surface area (Å²) >= 11 is 0. The van der Waals surface area contributed by atoms with Crippen LogP contribution in [0.4, 0.5) is 4.79 Å². The normalized spacial score (nSPS) is 19.9. The third-order valence-corrected chi connectivity index (χ3v) is 6.22. The molecule has 0 spiro atoms. The minimum Gasteiger partial charge on any atom is -0.481 e. The van der Waals surface area contributed by atoms with Crippen LogP contribution in [0.3, 0.4) is 0 Å². The van der Waals surface area contributed by atoms with Crippen molar-refractivity contribution in [3.63, 3.8) is 0 Å². The van der Waals surface area contributed by atoms with E-state index in [4.69, 9.17) is 14.6 Å². The molecule has 0 aromatic heterocycles. The second-order valence-corrected chi connectivity index (χ2v) is 8.67. The van der Waals surface area contributed by atoms with Crippen LogP contribution in [0.5, 0.6) is 0 Å². The molecule has 3 atom stereocenters. The lowest BCUT2D eigenvalue weighted by molar-refractivity contribution is -0.142.